The molecule has 1 heterocycles. The average molecular weight is 231 g/mol. The van der Waals surface area contributed by atoms with Crippen LogP contribution in [-0.2, 0) is 0 Å². The van der Waals surface area contributed by atoms with Gasteiger partial charge in [0, 0.05) is 15.1 Å². The first-order valence-electron chi connectivity index (χ1n) is 3.55. The predicted molar refractivity (Wildman–Crippen MR) is 57.2 cm³/mol. The molecule has 2 aromatic rings. The van der Waals surface area contributed by atoms with E-state index in [2.05, 4.69) is 0 Å². The summed E-state index contributed by atoms with van der Waals surface area (Å²) in [6.45, 7) is 0. The molecule has 2 rings (SSSR count). The fraction of sp³-hybridized carbons (Fsp3) is 0. The highest BCUT2D eigenvalue weighted by molar-refractivity contribution is 7.21. The fourth-order valence-corrected chi connectivity index (χ4v) is 2.57. The van der Waals surface area contributed by atoms with Crippen LogP contribution in [0.5, 0.6) is 0 Å². The van der Waals surface area contributed by atoms with Crippen LogP contribution in [0, 0.1) is 0 Å². The molecule has 1 nitrogen and oxygen atoms in total. The van der Waals surface area contributed by atoms with E-state index in [0.717, 1.165) is 16.4 Å². The molecule has 0 amide bonds. The minimum Gasteiger partial charge on any atom is -0.297 e. The van der Waals surface area contributed by atoms with Crippen LogP contribution in [-0.4, -0.2) is 6.29 Å². The van der Waals surface area contributed by atoms with Gasteiger partial charge in [-0.25, -0.2) is 0 Å². The van der Waals surface area contributed by atoms with Crippen LogP contribution in [0.3, 0.4) is 0 Å². The van der Waals surface area contributed by atoms with Crippen LogP contribution < -0.4 is 0 Å². The number of hydrogen-bond acceptors (Lipinski definition) is 2. The molecule has 1 aromatic carbocycles. The molecule has 1 aromatic heterocycles. The van der Waals surface area contributed by atoms with E-state index >= 15 is 0 Å². The number of benzene rings is 1. The number of hydrogen-bond donors (Lipinski definition) is 0. The van der Waals surface area contributed by atoms with Gasteiger partial charge in [0.1, 0.15) is 0 Å². The second-order valence-corrected chi connectivity index (χ2v) is 4.44. The van der Waals surface area contributed by atoms with Crippen molar-refractivity contribution >= 4 is 50.9 Å². The van der Waals surface area contributed by atoms with Gasteiger partial charge in [0.2, 0.25) is 0 Å². The van der Waals surface area contributed by atoms with Crippen LogP contribution in [0.1, 0.15) is 9.67 Å². The molecule has 66 valence electrons. The van der Waals surface area contributed by atoms with Gasteiger partial charge in [-0.3, -0.25) is 4.79 Å². The summed E-state index contributed by atoms with van der Waals surface area (Å²) in [5.74, 6) is 0. The van der Waals surface area contributed by atoms with Crippen LogP contribution in [0.25, 0.3) is 10.1 Å². The van der Waals surface area contributed by atoms with Gasteiger partial charge in [-0.2, -0.15) is 0 Å². The quantitative estimate of drug-likeness (QED) is 0.677. The van der Waals surface area contributed by atoms with Gasteiger partial charge < -0.3 is 0 Å². The van der Waals surface area contributed by atoms with Gasteiger partial charge in [0.15, 0.2) is 6.29 Å². The summed E-state index contributed by atoms with van der Waals surface area (Å²) in [4.78, 5) is 11.1. The standard InChI is InChI=1S/C9H4Cl2OS/c10-5-1-2-7-6(3-5)9(11)8(4-12)13-7/h1-4H. The van der Waals surface area contributed by atoms with Gasteiger partial charge >= 0.3 is 0 Å². The minimum absolute atomic E-state index is 0.498. The predicted octanol–water partition coefficient (Wildman–Crippen LogP) is 4.02. The van der Waals surface area contributed by atoms with Crippen LogP contribution in [0.15, 0.2) is 18.2 Å². The largest absolute Gasteiger partial charge is 0.297 e. The van der Waals surface area contributed by atoms with Crippen LogP contribution >= 0.6 is 34.5 Å². The lowest BCUT2D eigenvalue weighted by molar-refractivity contribution is 0.112. The summed E-state index contributed by atoms with van der Waals surface area (Å²) < 4.78 is 0.983. The molecule has 0 aliphatic rings. The molecule has 0 aliphatic carbocycles. The highest BCUT2D eigenvalue weighted by atomic mass is 35.5. The summed E-state index contributed by atoms with van der Waals surface area (Å²) in [7, 11) is 0. The second kappa shape index (κ2) is 3.29. The lowest BCUT2D eigenvalue weighted by Gasteiger charge is -1.90. The van der Waals surface area contributed by atoms with Gasteiger partial charge in [-0.1, -0.05) is 23.2 Å². The summed E-state index contributed by atoms with van der Waals surface area (Å²) in [5, 5.41) is 1.98. The average Bonchev–Trinajstić information content (AvgIpc) is 2.44. The summed E-state index contributed by atoms with van der Waals surface area (Å²) in [5.41, 5.74) is 0. The normalized spacial score (nSPS) is 10.6. The number of carbonyl (C=O) groups excluding carboxylic acids is 1. The molecular weight excluding hydrogens is 227 g/mol. The van der Waals surface area contributed by atoms with E-state index in [1.165, 1.54) is 11.3 Å². The monoisotopic (exact) mass is 230 g/mol. The fourth-order valence-electron chi connectivity index (χ4n) is 1.13. The van der Waals surface area contributed by atoms with Crippen molar-refractivity contribution in [3.8, 4) is 0 Å². The first kappa shape index (κ1) is 9.00. The third-order valence-corrected chi connectivity index (χ3v) is 3.57. The third-order valence-electron chi connectivity index (χ3n) is 1.72. The lowest BCUT2D eigenvalue weighted by Crippen LogP contribution is -1.69. The van der Waals surface area contributed by atoms with Crippen LogP contribution in [0.2, 0.25) is 10.0 Å². The zero-order valence-corrected chi connectivity index (χ0v) is 8.71. The van der Waals surface area contributed by atoms with Crippen molar-refractivity contribution in [2.45, 2.75) is 0 Å². The number of thiophene rings is 1. The number of carbonyl (C=O) groups is 1. The van der Waals surface area contributed by atoms with Gasteiger partial charge in [-0.05, 0) is 18.2 Å². The maximum atomic E-state index is 10.6. The van der Waals surface area contributed by atoms with Crippen LogP contribution in [0.4, 0.5) is 0 Å². The van der Waals surface area contributed by atoms with E-state index in [0.29, 0.717) is 14.9 Å². The van der Waals surface area contributed by atoms with Crippen molar-refractivity contribution in [1.82, 2.24) is 0 Å². The van der Waals surface area contributed by atoms with Crippen molar-refractivity contribution in [3.05, 3.63) is 33.1 Å². The van der Waals surface area contributed by atoms with Gasteiger partial charge in [-0.15, -0.1) is 11.3 Å². The summed E-state index contributed by atoms with van der Waals surface area (Å²) in [6, 6.07) is 5.41. The maximum Gasteiger partial charge on any atom is 0.161 e. The molecule has 4 heteroatoms. The highest BCUT2D eigenvalue weighted by Gasteiger charge is 2.09. The topological polar surface area (TPSA) is 17.1 Å². The molecular formula is C9H4Cl2OS. The molecule has 0 unspecified atom stereocenters. The van der Waals surface area contributed by atoms with Crippen molar-refractivity contribution in [3.63, 3.8) is 0 Å². The molecule has 0 N–H and O–H groups in total. The van der Waals surface area contributed by atoms with Crippen molar-refractivity contribution in [2.75, 3.05) is 0 Å². The Balaban J connectivity index is 2.84. The number of rotatable bonds is 1. The molecule has 0 radical (unpaired) electrons. The van der Waals surface area contributed by atoms with Crippen molar-refractivity contribution < 1.29 is 4.79 Å². The molecule has 0 fully saturated rings. The number of halogens is 2. The van der Waals surface area contributed by atoms with E-state index in [4.69, 9.17) is 23.2 Å². The first-order chi connectivity index (χ1) is 6.22. The van der Waals surface area contributed by atoms with Crippen molar-refractivity contribution in [1.29, 1.82) is 0 Å². The second-order valence-electron chi connectivity index (χ2n) is 2.54. The Hall–Kier alpha value is -0.570. The highest BCUT2D eigenvalue weighted by Crippen LogP contribution is 2.35. The Morgan fingerprint density at radius 3 is 2.77 bits per heavy atom. The summed E-state index contributed by atoms with van der Waals surface area (Å²) >= 11 is 13.1. The van der Waals surface area contributed by atoms with Crippen molar-refractivity contribution in [2.24, 2.45) is 0 Å². The molecule has 0 bridgehead atoms. The zero-order valence-electron chi connectivity index (χ0n) is 6.38. The Labute approximate surface area is 88.9 Å². The smallest absolute Gasteiger partial charge is 0.161 e. The number of aldehydes is 1. The molecule has 0 atom stereocenters. The Morgan fingerprint density at radius 1 is 1.31 bits per heavy atom. The first-order valence-corrected chi connectivity index (χ1v) is 5.12. The van der Waals surface area contributed by atoms with Gasteiger partial charge in [0.25, 0.3) is 0 Å². The SMILES string of the molecule is O=Cc1sc2ccc(Cl)cc2c1Cl. The van der Waals surface area contributed by atoms with E-state index in [1.807, 2.05) is 6.07 Å². The van der Waals surface area contributed by atoms with E-state index in [-0.39, 0.29) is 0 Å². The minimum atomic E-state index is 0.498. The Morgan fingerprint density at radius 2 is 2.08 bits per heavy atom. The van der Waals surface area contributed by atoms with Gasteiger partial charge in [0.05, 0.1) is 9.90 Å². The van der Waals surface area contributed by atoms with E-state index < -0.39 is 0 Å². The van der Waals surface area contributed by atoms with E-state index in [9.17, 15) is 4.79 Å². The molecule has 0 aliphatic heterocycles. The molecule has 0 saturated heterocycles. The zero-order chi connectivity index (χ0) is 9.42. The third kappa shape index (κ3) is 1.46. The Kier molecular flexibility index (Phi) is 2.28. The number of fused-ring (bicyclic) bond motifs is 1. The molecule has 0 saturated carbocycles. The Bertz CT molecular complexity index is 476. The maximum absolute atomic E-state index is 10.6. The summed E-state index contributed by atoms with van der Waals surface area (Å²) in [6.07, 6.45) is 0.765. The lowest BCUT2D eigenvalue weighted by atomic mass is 10.2. The van der Waals surface area contributed by atoms with E-state index in [1.54, 1.807) is 12.1 Å². The molecule has 0 spiro atoms. The molecule has 13 heavy (non-hydrogen) atoms.